The van der Waals surface area contributed by atoms with Gasteiger partial charge in [0.2, 0.25) is 0 Å². The van der Waals surface area contributed by atoms with Gasteiger partial charge in [-0.2, -0.15) is 0 Å². The van der Waals surface area contributed by atoms with Crippen LogP contribution in [0.2, 0.25) is 0 Å². The van der Waals surface area contributed by atoms with Gasteiger partial charge < -0.3 is 19.5 Å². The lowest BCUT2D eigenvalue weighted by Crippen LogP contribution is -2.61. The molecule has 0 saturated carbocycles. The summed E-state index contributed by atoms with van der Waals surface area (Å²) >= 11 is 0. The lowest BCUT2D eigenvalue weighted by Gasteiger charge is -2.50. The summed E-state index contributed by atoms with van der Waals surface area (Å²) in [6.45, 7) is 4.25. The molecule has 0 amide bonds. The Hall–Kier alpha value is -1.96. The van der Waals surface area contributed by atoms with Crippen molar-refractivity contribution in [3.05, 3.63) is 59.7 Å². The summed E-state index contributed by atoms with van der Waals surface area (Å²) in [6, 6.07) is 15.3. The summed E-state index contributed by atoms with van der Waals surface area (Å²) in [5, 5.41) is 3.88. The first-order valence-corrected chi connectivity index (χ1v) is 11.7. The molecule has 3 aliphatic rings. The number of fused-ring (bicyclic) bond motifs is 3. The van der Waals surface area contributed by atoms with E-state index in [0.29, 0.717) is 30.4 Å². The van der Waals surface area contributed by atoms with Crippen LogP contribution >= 0.6 is 12.4 Å². The molecule has 1 N–H and O–H groups in total. The first-order chi connectivity index (χ1) is 15.7. The Morgan fingerprint density at radius 2 is 1.79 bits per heavy atom. The van der Waals surface area contributed by atoms with E-state index in [0.717, 1.165) is 25.7 Å². The van der Waals surface area contributed by atoms with Crippen LogP contribution in [0.3, 0.4) is 0 Å². The van der Waals surface area contributed by atoms with Crippen LogP contribution in [0.25, 0.3) is 0 Å². The van der Waals surface area contributed by atoms with Crippen LogP contribution in [-0.4, -0.2) is 30.7 Å². The van der Waals surface area contributed by atoms with E-state index in [4.69, 9.17) is 9.47 Å². The summed E-state index contributed by atoms with van der Waals surface area (Å²) < 4.78 is 55.6. The van der Waals surface area contributed by atoms with Crippen LogP contribution in [0, 0.1) is 0 Å². The zero-order valence-corrected chi connectivity index (χ0v) is 20.2. The molecule has 3 fully saturated rings. The van der Waals surface area contributed by atoms with Crippen molar-refractivity contribution in [3.8, 4) is 11.5 Å². The summed E-state index contributed by atoms with van der Waals surface area (Å²) in [5.74, 6) is 0.275. The number of benzene rings is 2. The second kappa shape index (κ2) is 9.25. The first-order valence-electron chi connectivity index (χ1n) is 11.7. The Kier molecular flexibility index (Phi) is 6.84. The van der Waals surface area contributed by atoms with Gasteiger partial charge in [0.1, 0.15) is 11.5 Å². The molecule has 4 nitrogen and oxygen atoms in total. The predicted molar refractivity (Wildman–Crippen MR) is 126 cm³/mol. The van der Waals surface area contributed by atoms with Gasteiger partial charge in [0.15, 0.2) is 0 Å². The molecule has 2 aromatic carbocycles. The molecule has 4 atom stereocenters. The minimum Gasteiger partial charge on any atom is -0.491 e. The molecule has 0 aliphatic carbocycles. The minimum absolute atomic E-state index is 0. The average Bonchev–Trinajstić information content (AvgIpc) is 3.35. The van der Waals surface area contributed by atoms with Gasteiger partial charge in [-0.25, -0.2) is 0 Å². The van der Waals surface area contributed by atoms with Gasteiger partial charge in [0.25, 0.3) is 0 Å². The summed E-state index contributed by atoms with van der Waals surface area (Å²) in [4.78, 5) is 0. The molecule has 2 aromatic rings. The highest BCUT2D eigenvalue weighted by Gasteiger charge is 2.62. The van der Waals surface area contributed by atoms with Crippen molar-refractivity contribution < 1.29 is 27.4 Å². The van der Waals surface area contributed by atoms with Gasteiger partial charge in [-0.3, -0.25) is 0 Å². The van der Waals surface area contributed by atoms with Crippen molar-refractivity contribution in [2.75, 3.05) is 6.61 Å². The molecule has 3 heterocycles. The molecule has 8 heteroatoms. The number of hydrogen-bond donors (Lipinski definition) is 1. The molecule has 2 bridgehead atoms. The van der Waals surface area contributed by atoms with Crippen molar-refractivity contribution in [3.63, 3.8) is 0 Å². The number of piperidine rings is 1. The van der Waals surface area contributed by atoms with Crippen LogP contribution in [0.5, 0.6) is 11.5 Å². The van der Waals surface area contributed by atoms with Crippen molar-refractivity contribution in [2.24, 2.45) is 0 Å². The maximum absolute atomic E-state index is 12.9. The van der Waals surface area contributed by atoms with Crippen molar-refractivity contribution in [1.82, 2.24) is 5.32 Å². The highest BCUT2D eigenvalue weighted by molar-refractivity contribution is 5.85. The first kappa shape index (κ1) is 25.1. The third-order valence-electron chi connectivity index (χ3n) is 7.41. The van der Waals surface area contributed by atoms with Crippen LogP contribution in [0.1, 0.15) is 63.0 Å². The molecule has 0 radical (unpaired) electrons. The molecule has 0 unspecified atom stereocenters. The van der Waals surface area contributed by atoms with E-state index < -0.39 is 12.0 Å². The van der Waals surface area contributed by atoms with Crippen molar-refractivity contribution >= 4 is 12.4 Å². The number of rotatable bonds is 5. The Morgan fingerprint density at radius 3 is 2.50 bits per heavy atom. The monoisotopic (exact) mass is 497 g/mol. The lowest BCUT2D eigenvalue weighted by molar-refractivity contribution is -0.274. The smallest absolute Gasteiger partial charge is 0.491 e. The zero-order chi connectivity index (χ0) is 23.3. The SMILES string of the molecule is CC(C)Oc1ccc(OC(F)(F)F)cc1[C@H]1CO[C@]2(CC[C@H]3CC[C@]2(c2ccccc2)N3)C1.Cl. The van der Waals surface area contributed by atoms with Gasteiger partial charge in [0.05, 0.1) is 23.9 Å². The third kappa shape index (κ3) is 4.50. The standard InChI is InChI=1S/C26H30F3NO3.ClH/c1-17(2)32-23-9-8-21(33-26(27,28)29)14-22(23)18-15-24(31-16-18)12-10-20-11-13-25(24,30-20)19-6-4-3-5-7-19;/h3-9,14,17-18,20,30H,10-13,15-16H2,1-2H3;1H/t18-,20+,24-,25-;/m1./s1. The Morgan fingerprint density at radius 1 is 1.06 bits per heavy atom. The molecule has 1 spiro atoms. The quantitative estimate of drug-likeness (QED) is 0.513. The van der Waals surface area contributed by atoms with Crippen LogP contribution in [0.4, 0.5) is 13.2 Å². The van der Waals surface area contributed by atoms with E-state index in [2.05, 4.69) is 34.3 Å². The van der Waals surface area contributed by atoms with Crippen molar-refractivity contribution in [2.45, 2.75) is 81.5 Å². The van der Waals surface area contributed by atoms with Crippen LogP contribution in [0.15, 0.2) is 48.5 Å². The number of hydrogen-bond acceptors (Lipinski definition) is 4. The maximum Gasteiger partial charge on any atom is 0.573 e. The van der Waals surface area contributed by atoms with Crippen LogP contribution < -0.4 is 14.8 Å². The number of alkyl halides is 3. The fourth-order valence-corrected chi connectivity index (χ4v) is 6.14. The minimum atomic E-state index is -4.74. The van der Waals surface area contributed by atoms with E-state index >= 15 is 0 Å². The van der Waals surface area contributed by atoms with Crippen LogP contribution in [-0.2, 0) is 10.3 Å². The average molecular weight is 498 g/mol. The Bertz CT molecular complexity index is 1000. The number of halogens is 4. The largest absolute Gasteiger partial charge is 0.573 e. The van der Waals surface area contributed by atoms with Gasteiger partial charge in [-0.1, -0.05) is 30.3 Å². The second-order valence-electron chi connectivity index (χ2n) is 9.81. The molecule has 5 rings (SSSR count). The zero-order valence-electron chi connectivity index (χ0n) is 19.4. The molecular formula is C26H31ClF3NO3. The highest BCUT2D eigenvalue weighted by atomic mass is 35.5. The third-order valence-corrected chi connectivity index (χ3v) is 7.41. The lowest BCUT2D eigenvalue weighted by atomic mass is 9.67. The van der Waals surface area contributed by atoms with E-state index in [-0.39, 0.29) is 35.7 Å². The topological polar surface area (TPSA) is 39.7 Å². The highest BCUT2D eigenvalue weighted by Crippen LogP contribution is 2.58. The van der Waals surface area contributed by atoms with Gasteiger partial charge in [-0.15, -0.1) is 25.6 Å². The van der Waals surface area contributed by atoms with E-state index in [1.165, 1.54) is 17.7 Å². The second-order valence-corrected chi connectivity index (χ2v) is 9.81. The van der Waals surface area contributed by atoms with Crippen molar-refractivity contribution in [1.29, 1.82) is 0 Å². The Labute approximate surface area is 204 Å². The molecule has 3 saturated heterocycles. The molecular weight excluding hydrogens is 467 g/mol. The maximum atomic E-state index is 12.9. The summed E-state index contributed by atoms with van der Waals surface area (Å²) in [6.07, 6.45) is -0.0807. The van der Waals surface area contributed by atoms with E-state index in [1.54, 1.807) is 6.07 Å². The summed E-state index contributed by atoms with van der Waals surface area (Å²) in [5.41, 5.74) is 1.24. The molecule has 186 valence electrons. The molecule has 34 heavy (non-hydrogen) atoms. The van der Waals surface area contributed by atoms with E-state index in [9.17, 15) is 13.2 Å². The van der Waals surface area contributed by atoms with Gasteiger partial charge in [-0.05, 0) is 69.7 Å². The van der Waals surface area contributed by atoms with Gasteiger partial charge >= 0.3 is 6.36 Å². The molecule has 3 aliphatic heterocycles. The predicted octanol–water partition coefficient (Wildman–Crippen LogP) is 6.48. The summed E-state index contributed by atoms with van der Waals surface area (Å²) in [7, 11) is 0. The fraction of sp³-hybridized carbons (Fsp3) is 0.538. The number of ether oxygens (including phenoxy) is 3. The Balaban J connectivity index is 0.00000274. The fourth-order valence-electron chi connectivity index (χ4n) is 6.14. The molecule has 0 aromatic heterocycles. The van der Waals surface area contributed by atoms with Gasteiger partial charge in [0, 0.05) is 17.5 Å². The number of nitrogens with one attached hydrogen (secondary N) is 1. The van der Waals surface area contributed by atoms with E-state index in [1.807, 2.05) is 19.9 Å². The normalized spacial score (nSPS) is 30.4.